The van der Waals surface area contributed by atoms with E-state index in [-0.39, 0.29) is 0 Å². The van der Waals surface area contributed by atoms with Gasteiger partial charge in [-0.15, -0.1) is 0 Å². The summed E-state index contributed by atoms with van der Waals surface area (Å²) in [5.74, 6) is 0. The Morgan fingerprint density at radius 3 is 2.73 bits per heavy atom. The van der Waals surface area contributed by atoms with Gasteiger partial charge in [0, 0.05) is 6.20 Å². The second-order valence-electron chi connectivity index (χ2n) is 3.26. The number of hydrogen-bond donors (Lipinski definition) is 0. The third kappa shape index (κ3) is 3.21. The van der Waals surface area contributed by atoms with Crippen LogP contribution in [-0.2, 0) is 6.42 Å². The largest absolute Gasteiger partial charge is 0.256 e. The Morgan fingerprint density at radius 2 is 2.27 bits per heavy atom. The van der Waals surface area contributed by atoms with Crippen LogP contribution in [0.25, 0.3) is 5.57 Å². The number of pyridine rings is 1. The highest BCUT2D eigenvalue weighted by Crippen LogP contribution is 2.13. The average molecular weight is 199 g/mol. The average Bonchev–Trinajstić information content (AvgIpc) is 2.31. The Hall–Kier alpha value is -1.63. The molecule has 0 amide bonds. The van der Waals surface area contributed by atoms with Gasteiger partial charge in [-0.1, -0.05) is 43.9 Å². The molecule has 0 aromatic carbocycles. The Kier molecular flexibility index (Phi) is 4.55. The van der Waals surface area contributed by atoms with E-state index in [1.54, 1.807) is 0 Å². The fraction of sp³-hybridized carbons (Fsp3) is 0.214. The SMILES string of the molecule is C=C/C(=C\C=C/C)c1ccc(CC)cn1. The molecule has 0 unspecified atom stereocenters. The summed E-state index contributed by atoms with van der Waals surface area (Å²) in [6.07, 6.45) is 10.8. The molecule has 0 N–H and O–H groups in total. The second-order valence-corrected chi connectivity index (χ2v) is 3.26. The lowest BCUT2D eigenvalue weighted by molar-refractivity contribution is 1.10. The lowest BCUT2D eigenvalue weighted by atomic mass is 10.1. The number of allylic oxidation sites excluding steroid dienone is 5. The van der Waals surface area contributed by atoms with E-state index in [4.69, 9.17) is 0 Å². The molecular weight excluding hydrogens is 182 g/mol. The highest BCUT2D eigenvalue weighted by atomic mass is 14.7. The second kappa shape index (κ2) is 5.97. The van der Waals surface area contributed by atoms with E-state index in [1.165, 1.54) is 5.56 Å². The van der Waals surface area contributed by atoms with Crippen LogP contribution in [0.5, 0.6) is 0 Å². The summed E-state index contributed by atoms with van der Waals surface area (Å²) in [5.41, 5.74) is 3.28. The lowest BCUT2D eigenvalue weighted by Gasteiger charge is -2.01. The summed E-state index contributed by atoms with van der Waals surface area (Å²) >= 11 is 0. The van der Waals surface area contributed by atoms with E-state index >= 15 is 0 Å². The number of nitrogens with zero attached hydrogens (tertiary/aromatic N) is 1. The lowest BCUT2D eigenvalue weighted by Crippen LogP contribution is -1.88. The van der Waals surface area contributed by atoms with Crippen molar-refractivity contribution < 1.29 is 0 Å². The van der Waals surface area contributed by atoms with Gasteiger partial charge in [0.25, 0.3) is 0 Å². The van der Waals surface area contributed by atoms with Crippen LogP contribution < -0.4 is 0 Å². The fourth-order valence-corrected chi connectivity index (χ4v) is 1.26. The first-order valence-corrected chi connectivity index (χ1v) is 5.22. The van der Waals surface area contributed by atoms with Crippen LogP contribution in [0, 0.1) is 0 Å². The van der Waals surface area contributed by atoms with Crippen LogP contribution in [0.2, 0.25) is 0 Å². The number of hydrogen-bond acceptors (Lipinski definition) is 1. The van der Waals surface area contributed by atoms with Crippen molar-refractivity contribution in [3.8, 4) is 0 Å². The molecule has 15 heavy (non-hydrogen) atoms. The summed E-state index contributed by atoms with van der Waals surface area (Å²) < 4.78 is 0. The summed E-state index contributed by atoms with van der Waals surface area (Å²) in [4.78, 5) is 4.40. The molecule has 1 aromatic rings. The zero-order valence-electron chi connectivity index (χ0n) is 9.40. The molecule has 0 saturated heterocycles. The molecule has 1 rings (SSSR count). The van der Waals surface area contributed by atoms with Crippen molar-refractivity contribution in [2.24, 2.45) is 0 Å². The molecule has 0 saturated carbocycles. The van der Waals surface area contributed by atoms with Crippen molar-refractivity contribution in [2.45, 2.75) is 20.3 Å². The van der Waals surface area contributed by atoms with Gasteiger partial charge in [-0.05, 0) is 30.5 Å². The third-order valence-electron chi connectivity index (χ3n) is 2.22. The standard InChI is InChI=1S/C14H17N/c1-4-7-8-13(6-3)14-10-9-12(5-2)11-15-14/h4,6-11H,3,5H2,1-2H3/b7-4-,13-8+. The minimum Gasteiger partial charge on any atom is -0.256 e. The molecule has 0 bridgehead atoms. The maximum Gasteiger partial charge on any atom is 0.0701 e. The van der Waals surface area contributed by atoms with Crippen LogP contribution in [0.4, 0.5) is 0 Å². The van der Waals surface area contributed by atoms with E-state index in [0.29, 0.717) is 0 Å². The zero-order chi connectivity index (χ0) is 11.1. The van der Waals surface area contributed by atoms with Crippen LogP contribution in [0.1, 0.15) is 25.1 Å². The highest BCUT2D eigenvalue weighted by molar-refractivity contribution is 5.72. The topological polar surface area (TPSA) is 12.9 Å². The molecule has 0 spiro atoms. The smallest absolute Gasteiger partial charge is 0.0701 e. The molecule has 0 fully saturated rings. The van der Waals surface area contributed by atoms with Crippen molar-refractivity contribution >= 4 is 5.57 Å². The van der Waals surface area contributed by atoms with Crippen molar-refractivity contribution in [2.75, 3.05) is 0 Å². The summed E-state index contributed by atoms with van der Waals surface area (Å²) in [7, 11) is 0. The predicted octanol–water partition coefficient (Wildman–Crippen LogP) is 3.79. The van der Waals surface area contributed by atoms with Crippen LogP contribution in [0.3, 0.4) is 0 Å². The first-order chi connectivity index (χ1) is 7.31. The Morgan fingerprint density at radius 1 is 1.47 bits per heavy atom. The molecule has 1 heteroatoms. The molecule has 1 nitrogen and oxygen atoms in total. The Bertz CT molecular complexity index is 369. The maximum atomic E-state index is 4.40. The van der Waals surface area contributed by atoms with E-state index in [2.05, 4.69) is 24.6 Å². The van der Waals surface area contributed by atoms with Crippen LogP contribution in [0.15, 0.2) is 49.2 Å². The van der Waals surface area contributed by atoms with Crippen molar-refractivity contribution in [1.29, 1.82) is 0 Å². The summed E-state index contributed by atoms with van der Waals surface area (Å²) in [6.45, 7) is 7.91. The molecule has 0 radical (unpaired) electrons. The molecule has 0 aliphatic carbocycles. The van der Waals surface area contributed by atoms with Crippen molar-refractivity contribution in [1.82, 2.24) is 4.98 Å². The monoisotopic (exact) mass is 199 g/mol. The van der Waals surface area contributed by atoms with Crippen LogP contribution in [-0.4, -0.2) is 4.98 Å². The van der Waals surface area contributed by atoms with Gasteiger partial charge in [0.2, 0.25) is 0 Å². The summed E-state index contributed by atoms with van der Waals surface area (Å²) in [6, 6.07) is 4.14. The zero-order valence-corrected chi connectivity index (χ0v) is 9.40. The van der Waals surface area contributed by atoms with Gasteiger partial charge >= 0.3 is 0 Å². The maximum absolute atomic E-state index is 4.40. The van der Waals surface area contributed by atoms with Gasteiger partial charge in [-0.25, -0.2) is 0 Å². The molecular formula is C14H17N. The summed E-state index contributed by atoms with van der Waals surface area (Å²) in [5, 5.41) is 0. The number of rotatable bonds is 4. The van der Waals surface area contributed by atoms with Crippen molar-refractivity contribution in [3.63, 3.8) is 0 Å². The van der Waals surface area contributed by atoms with Gasteiger partial charge in [-0.2, -0.15) is 0 Å². The van der Waals surface area contributed by atoms with E-state index < -0.39 is 0 Å². The molecule has 1 aromatic heterocycles. The van der Waals surface area contributed by atoms with Gasteiger partial charge in [0.1, 0.15) is 0 Å². The van der Waals surface area contributed by atoms with Crippen LogP contribution >= 0.6 is 0 Å². The number of aryl methyl sites for hydroxylation is 1. The van der Waals surface area contributed by atoms with Gasteiger partial charge in [0.15, 0.2) is 0 Å². The van der Waals surface area contributed by atoms with Gasteiger partial charge in [0.05, 0.1) is 5.69 Å². The first-order valence-electron chi connectivity index (χ1n) is 5.22. The molecule has 0 aliphatic rings. The quantitative estimate of drug-likeness (QED) is 0.672. The van der Waals surface area contributed by atoms with Gasteiger partial charge < -0.3 is 0 Å². The molecule has 1 heterocycles. The molecule has 0 aliphatic heterocycles. The number of aromatic nitrogens is 1. The minimum atomic E-state index is 0.973. The molecule has 0 atom stereocenters. The van der Waals surface area contributed by atoms with E-state index in [1.807, 2.05) is 43.5 Å². The Balaban J connectivity index is 2.97. The first kappa shape index (κ1) is 11.4. The molecule has 78 valence electrons. The minimum absolute atomic E-state index is 0.973. The highest BCUT2D eigenvalue weighted by Gasteiger charge is 1.97. The normalized spacial score (nSPS) is 12.0. The van der Waals surface area contributed by atoms with E-state index in [9.17, 15) is 0 Å². The fourth-order valence-electron chi connectivity index (χ4n) is 1.26. The predicted molar refractivity (Wildman–Crippen MR) is 66.6 cm³/mol. The van der Waals surface area contributed by atoms with Crippen molar-refractivity contribution in [3.05, 3.63) is 60.5 Å². The third-order valence-corrected chi connectivity index (χ3v) is 2.22. The van der Waals surface area contributed by atoms with Gasteiger partial charge in [-0.3, -0.25) is 4.98 Å². The van der Waals surface area contributed by atoms with E-state index in [0.717, 1.165) is 17.7 Å². The Labute approximate surface area is 91.9 Å².